The number of amides is 1. The van der Waals surface area contributed by atoms with Gasteiger partial charge in [-0.1, -0.05) is 27.7 Å². The van der Waals surface area contributed by atoms with Crippen LogP contribution >= 0.6 is 0 Å². The van der Waals surface area contributed by atoms with Gasteiger partial charge >= 0.3 is 0 Å². The van der Waals surface area contributed by atoms with Crippen LogP contribution < -0.4 is 16.4 Å². The number of carbonyl (C=O) groups is 1. The number of nitrogens with one attached hydrogen (secondary N) is 2. The number of primary amides is 1. The molecule has 0 aliphatic heterocycles. The monoisotopic (exact) mass is 201 g/mol. The lowest BCUT2D eigenvalue weighted by Crippen LogP contribution is -2.46. The zero-order valence-corrected chi connectivity index (χ0v) is 9.63. The summed E-state index contributed by atoms with van der Waals surface area (Å²) >= 11 is 0. The van der Waals surface area contributed by atoms with Gasteiger partial charge in [0.25, 0.3) is 0 Å². The molecule has 1 atom stereocenters. The van der Waals surface area contributed by atoms with Gasteiger partial charge in [0.1, 0.15) is 0 Å². The summed E-state index contributed by atoms with van der Waals surface area (Å²) in [6.07, 6.45) is 0.742. The molecule has 0 bridgehead atoms. The van der Waals surface area contributed by atoms with Crippen molar-refractivity contribution >= 4 is 5.91 Å². The van der Waals surface area contributed by atoms with Gasteiger partial charge in [-0.15, -0.1) is 0 Å². The van der Waals surface area contributed by atoms with E-state index in [1.54, 1.807) is 0 Å². The molecule has 0 fully saturated rings. The zero-order chi connectivity index (χ0) is 11.1. The average Bonchev–Trinajstić information content (AvgIpc) is 2.00. The third-order valence-corrected chi connectivity index (χ3v) is 1.86. The van der Waals surface area contributed by atoms with Crippen LogP contribution in [-0.4, -0.2) is 30.6 Å². The van der Waals surface area contributed by atoms with E-state index in [0.717, 1.165) is 13.0 Å². The Morgan fingerprint density at radius 3 is 2.14 bits per heavy atom. The van der Waals surface area contributed by atoms with E-state index in [0.29, 0.717) is 6.04 Å². The van der Waals surface area contributed by atoms with E-state index in [-0.39, 0.29) is 18.0 Å². The summed E-state index contributed by atoms with van der Waals surface area (Å²) < 4.78 is 0. The minimum atomic E-state index is -0.274. The van der Waals surface area contributed by atoms with Gasteiger partial charge in [-0.3, -0.25) is 4.79 Å². The molecule has 0 aromatic heterocycles. The predicted molar refractivity (Wildman–Crippen MR) is 59.0 cm³/mol. The van der Waals surface area contributed by atoms with E-state index in [2.05, 4.69) is 24.5 Å². The van der Waals surface area contributed by atoms with Gasteiger partial charge in [0.15, 0.2) is 0 Å². The van der Waals surface area contributed by atoms with Crippen molar-refractivity contribution in [3.05, 3.63) is 0 Å². The smallest absolute Gasteiger partial charge is 0.234 e. The SMILES string of the molecule is CC(C)NCCC(NC(C)C)C(N)=O. The highest BCUT2D eigenvalue weighted by molar-refractivity contribution is 5.79. The minimum Gasteiger partial charge on any atom is -0.368 e. The molecule has 0 saturated carbocycles. The van der Waals surface area contributed by atoms with Crippen LogP contribution in [0.4, 0.5) is 0 Å². The van der Waals surface area contributed by atoms with Crippen LogP contribution in [0.3, 0.4) is 0 Å². The summed E-state index contributed by atoms with van der Waals surface area (Å²) in [5, 5.41) is 6.39. The number of nitrogens with two attached hydrogens (primary N) is 1. The lowest BCUT2D eigenvalue weighted by molar-refractivity contribution is -0.120. The van der Waals surface area contributed by atoms with Gasteiger partial charge < -0.3 is 16.4 Å². The normalized spacial score (nSPS) is 13.6. The molecule has 14 heavy (non-hydrogen) atoms. The summed E-state index contributed by atoms with van der Waals surface area (Å²) in [6, 6.07) is 0.510. The Hall–Kier alpha value is -0.610. The molecular weight excluding hydrogens is 178 g/mol. The quantitative estimate of drug-likeness (QED) is 0.552. The molecule has 0 heterocycles. The van der Waals surface area contributed by atoms with Crippen LogP contribution in [0.15, 0.2) is 0 Å². The lowest BCUT2D eigenvalue weighted by Gasteiger charge is -2.18. The van der Waals surface area contributed by atoms with Gasteiger partial charge in [-0.2, -0.15) is 0 Å². The largest absolute Gasteiger partial charge is 0.368 e. The van der Waals surface area contributed by atoms with Crippen molar-refractivity contribution in [1.29, 1.82) is 0 Å². The van der Waals surface area contributed by atoms with Crippen LogP contribution in [0, 0.1) is 0 Å². The maximum Gasteiger partial charge on any atom is 0.234 e. The van der Waals surface area contributed by atoms with Crippen molar-refractivity contribution in [3.63, 3.8) is 0 Å². The Morgan fingerprint density at radius 2 is 1.79 bits per heavy atom. The summed E-state index contributed by atoms with van der Waals surface area (Å²) in [6.45, 7) is 8.98. The molecule has 0 saturated heterocycles. The second-order valence-electron chi connectivity index (χ2n) is 4.17. The van der Waals surface area contributed by atoms with Crippen LogP contribution in [0.1, 0.15) is 34.1 Å². The van der Waals surface area contributed by atoms with Crippen LogP contribution in [0.25, 0.3) is 0 Å². The average molecular weight is 201 g/mol. The highest BCUT2D eigenvalue weighted by Crippen LogP contribution is 1.93. The third kappa shape index (κ3) is 6.86. The Kier molecular flexibility index (Phi) is 6.49. The highest BCUT2D eigenvalue weighted by Gasteiger charge is 2.15. The summed E-state index contributed by atoms with van der Waals surface area (Å²) in [4.78, 5) is 11.0. The van der Waals surface area contributed by atoms with E-state index >= 15 is 0 Å². The first-order chi connectivity index (χ1) is 6.43. The summed E-state index contributed by atoms with van der Waals surface area (Å²) in [5.41, 5.74) is 5.27. The molecule has 0 aliphatic rings. The molecule has 0 rings (SSSR count). The predicted octanol–water partition coefficient (Wildman–Crippen LogP) is 0.226. The third-order valence-electron chi connectivity index (χ3n) is 1.86. The van der Waals surface area contributed by atoms with Gasteiger partial charge in [0.2, 0.25) is 5.91 Å². The minimum absolute atomic E-state index is 0.221. The molecule has 0 aromatic rings. The lowest BCUT2D eigenvalue weighted by atomic mass is 10.1. The van der Waals surface area contributed by atoms with Crippen LogP contribution in [-0.2, 0) is 4.79 Å². The van der Waals surface area contributed by atoms with Crippen molar-refractivity contribution in [2.75, 3.05) is 6.54 Å². The second-order valence-corrected chi connectivity index (χ2v) is 4.17. The fourth-order valence-electron chi connectivity index (χ4n) is 1.23. The first-order valence-corrected chi connectivity index (χ1v) is 5.22. The standard InChI is InChI=1S/C10H23N3O/c1-7(2)12-6-5-9(10(11)14)13-8(3)4/h7-9,12-13H,5-6H2,1-4H3,(H2,11,14). The number of carbonyl (C=O) groups excluding carboxylic acids is 1. The summed E-state index contributed by atoms with van der Waals surface area (Å²) in [5.74, 6) is -0.274. The molecule has 0 spiro atoms. The van der Waals surface area contributed by atoms with Crippen molar-refractivity contribution in [2.45, 2.75) is 52.2 Å². The second kappa shape index (κ2) is 6.79. The van der Waals surface area contributed by atoms with Crippen LogP contribution in [0.2, 0.25) is 0 Å². The van der Waals surface area contributed by atoms with Crippen molar-refractivity contribution in [2.24, 2.45) is 5.73 Å². The van der Waals surface area contributed by atoms with E-state index in [9.17, 15) is 4.79 Å². The number of hydrogen-bond acceptors (Lipinski definition) is 3. The number of rotatable bonds is 7. The number of hydrogen-bond donors (Lipinski definition) is 3. The fourth-order valence-corrected chi connectivity index (χ4v) is 1.23. The van der Waals surface area contributed by atoms with E-state index in [4.69, 9.17) is 5.73 Å². The maximum atomic E-state index is 11.0. The first kappa shape index (κ1) is 13.4. The molecule has 0 aliphatic carbocycles. The fraction of sp³-hybridized carbons (Fsp3) is 0.900. The Bertz CT molecular complexity index is 169. The maximum absolute atomic E-state index is 11.0. The summed E-state index contributed by atoms with van der Waals surface area (Å²) in [7, 11) is 0. The molecule has 4 nitrogen and oxygen atoms in total. The molecule has 0 radical (unpaired) electrons. The van der Waals surface area contributed by atoms with Gasteiger partial charge in [-0.05, 0) is 13.0 Å². The zero-order valence-electron chi connectivity index (χ0n) is 9.63. The Morgan fingerprint density at radius 1 is 1.21 bits per heavy atom. The van der Waals surface area contributed by atoms with Gasteiger partial charge in [0, 0.05) is 12.1 Å². The topological polar surface area (TPSA) is 67.2 Å². The molecule has 0 aromatic carbocycles. The van der Waals surface area contributed by atoms with E-state index < -0.39 is 0 Å². The first-order valence-electron chi connectivity index (χ1n) is 5.22. The van der Waals surface area contributed by atoms with Crippen molar-refractivity contribution in [3.8, 4) is 0 Å². The molecule has 4 N–H and O–H groups in total. The molecular formula is C10H23N3O. The van der Waals surface area contributed by atoms with E-state index in [1.807, 2.05) is 13.8 Å². The van der Waals surface area contributed by atoms with Crippen molar-refractivity contribution < 1.29 is 4.79 Å². The highest BCUT2D eigenvalue weighted by atomic mass is 16.1. The van der Waals surface area contributed by atoms with Gasteiger partial charge in [-0.25, -0.2) is 0 Å². The van der Waals surface area contributed by atoms with Gasteiger partial charge in [0.05, 0.1) is 6.04 Å². The van der Waals surface area contributed by atoms with E-state index in [1.165, 1.54) is 0 Å². The molecule has 1 amide bonds. The van der Waals surface area contributed by atoms with Crippen LogP contribution in [0.5, 0.6) is 0 Å². The molecule has 84 valence electrons. The molecule has 1 unspecified atom stereocenters. The molecule has 4 heteroatoms. The van der Waals surface area contributed by atoms with Crippen molar-refractivity contribution in [1.82, 2.24) is 10.6 Å². The Labute approximate surface area is 86.6 Å². The Balaban J connectivity index is 3.80.